The fourth-order valence-corrected chi connectivity index (χ4v) is 3.44. The summed E-state index contributed by atoms with van der Waals surface area (Å²) in [6.45, 7) is 0.972. The summed E-state index contributed by atoms with van der Waals surface area (Å²) >= 11 is 0. The summed E-state index contributed by atoms with van der Waals surface area (Å²) in [5.74, 6) is 0.631. The Kier molecular flexibility index (Phi) is 7.24. The normalized spacial score (nSPS) is 22.5. The van der Waals surface area contributed by atoms with Gasteiger partial charge in [0.15, 0.2) is 5.76 Å². The molecule has 0 saturated heterocycles. The molecule has 2 atom stereocenters. The van der Waals surface area contributed by atoms with Crippen LogP contribution in [0.1, 0.15) is 44.1 Å². The third-order valence-corrected chi connectivity index (χ3v) is 5.29. The third kappa shape index (κ3) is 5.78. The molecule has 0 unspecified atom stereocenters. The number of hydrogen-bond acceptors (Lipinski definition) is 4. The van der Waals surface area contributed by atoms with Crippen molar-refractivity contribution >= 4 is 5.91 Å². The molecule has 148 valence electrons. The molecule has 5 nitrogen and oxygen atoms in total. The Hall–Kier alpha value is -1.92. The first-order valence-electron chi connectivity index (χ1n) is 9.79. The van der Waals surface area contributed by atoms with Gasteiger partial charge in [-0.05, 0) is 61.3 Å². The second-order valence-electron chi connectivity index (χ2n) is 7.28. The highest BCUT2D eigenvalue weighted by Gasteiger charge is 2.34. The summed E-state index contributed by atoms with van der Waals surface area (Å²) < 4.78 is 24.6. The zero-order chi connectivity index (χ0) is 19.1. The van der Waals surface area contributed by atoms with Gasteiger partial charge in [0.1, 0.15) is 5.82 Å². The average molecular weight is 377 g/mol. The van der Waals surface area contributed by atoms with Crippen molar-refractivity contribution in [2.45, 2.75) is 51.4 Å². The maximum Gasteiger partial charge on any atom is 0.286 e. The standard InChI is InChI=1S/C21H28FNO4/c22-18-8-6-15(7-9-18)14-23-21(25)19-12-17(16-4-3-5-16)13-20(27-19)26-11-2-1-10-24/h6-9,12,16-17,20,24H,1-5,10-11,13-14H2,(H,23,25)/t17-,20+/m0/s1. The number of halogens is 1. The molecule has 1 aliphatic heterocycles. The molecule has 0 aromatic heterocycles. The highest BCUT2D eigenvalue weighted by Crippen LogP contribution is 2.39. The van der Waals surface area contributed by atoms with E-state index in [1.54, 1.807) is 12.1 Å². The van der Waals surface area contributed by atoms with E-state index in [0.29, 0.717) is 37.2 Å². The first-order chi connectivity index (χ1) is 13.2. The van der Waals surface area contributed by atoms with Crippen LogP contribution in [0.15, 0.2) is 36.1 Å². The number of rotatable bonds is 9. The van der Waals surface area contributed by atoms with E-state index in [2.05, 4.69) is 5.32 Å². The lowest BCUT2D eigenvalue weighted by atomic mass is 9.73. The lowest BCUT2D eigenvalue weighted by Crippen LogP contribution is -2.36. The van der Waals surface area contributed by atoms with Gasteiger partial charge in [0.25, 0.3) is 5.91 Å². The van der Waals surface area contributed by atoms with Crippen molar-refractivity contribution in [3.8, 4) is 0 Å². The van der Waals surface area contributed by atoms with Gasteiger partial charge in [-0.25, -0.2) is 4.39 Å². The highest BCUT2D eigenvalue weighted by atomic mass is 19.1. The number of aliphatic hydroxyl groups is 1. The summed E-state index contributed by atoms with van der Waals surface area (Å²) in [5, 5.41) is 11.7. The van der Waals surface area contributed by atoms with Gasteiger partial charge in [0.2, 0.25) is 6.29 Å². The summed E-state index contributed by atoms with van der Waals surface area (Å²) in [5.41, 5.74) is 0.827. The zero-order valence-electron chi connectivity index (χ0n) is 15.5. The molecule has 0 radical (unpaired) electrons. The van der Waals surface area contributed by atoms with Gasteiger partial charge in [0, 0.05) is 19.6 Å². The van der Waals surface area contributed by atoms with Crippen LogP contribution in [0.25, 0.3) is 0 Å². The molecular weight excluding hydrogens is 349 g/mol. The van der Waals surface area contributed by atoms with Crippen molar-refractivity contribution in [3.05, 3.63) is 47.5 Å². The Morgan fingerprint density at radius 1 is 1.26 bits per heavy atom. The van der Waals surface area contributed by atoms with Gasteiger partial charge in [-0.3, -0.25) is 4.79 Å². The quantitative estimate of drug-likeness (QED) is 0.648. The number of ether oxygens (including phenoxy) is 2. The number of carbonyl (C=O) groups excluding carboxylic acids is 1. The minimum Gasteiger partial charge on any atom is -0.459 e. The molecule has 2 aliphatic rings. The monoisotopic (exact) mass is 377 g/mol. The first kappa shape index (κ1) is 19.8. The van der Waals surface area contributed by atoms with Crippen LogP contribution in [0.2, 0.25) is 0 Å². The van der Waals surface area contributed by atoms with E-state index in [0.717, 1.165) is 18.4 Å². The molecule has 1 aromatic carbocycles. The van der Waals surface area contributed by atoms with Crippen LogP contribution in [-0.2, 0) is 20.8 Å². The molecule has 27 heavy (non-hydrogen) atoms. The number of hydrogen-bond donors (Lipinski definition) is 2. The van der Waals surface area contributed by atoms with Crippen molar-refractivity contribution in [2.75, 3.05) is 13.2 Å². The molecule has 0 bridgehead atoms. The maximum atomic E-state index is 13.0. The highest BCUT2D eigenvalue weighted by molar-refractivity contribution is 5.91. The van der Waals surface area contributed by atoms with E-state index < -0.39 is 6.29 Å². The second kappa shape index (κ2) is 9.85. The predicted octanol–water partition coefficient (Wildman–Crippen LogP) is 3.28. The fraction of sp³-hybridized carbons (Fsp3) is 0.571. The van der Waals surface area contributed by atoms with Crippen LogP contribution in [0, 0.1) is 17.7 Å². The average Bonchev–Trinajstić information content (AvgIpc) is 2.63. The maximum absolute atomic E-state index is 13.0. The molecule has 1 fully saturated rings. The summed E-state index contributed by atoms with van der Waals surface area (Å²) in [4.78, 5) is 12.6. The fourth-order valence-electron chi connectivity index (χ4n) is 3.44. The Bertz CT molecular complexity index is 642. The van der Waals surface area contributed by atoms with Gasteiger partial charge >= 0.3 is 0 Å². The molecule has 0 spiro atoms. The Morgan fingerprint density at radius 3 is 2.70 bits per heavy atom. The van der Waals surface area contributed by atoms with E-state index >= 15 is 0 Å². The Morgan fingerprint density at radius 2 is 2.04 bits per heavy atom. The Labute approximate surface area is 159 Å². The summed E-state index contributed by atoms with van der Waals surface area (Å²) in [6.07, 6.45) is 7.34. The van der Waals surface area contributed by atoms with Crippen molar-refractivity contribution in [1.29, 1.82) is 0 Å². The van der Waals surface area contributed by atoms with Gasteiger partial charge in [-0.1, -0.05) is 18.6 Å². The molecule has 2 N–H and O–H groups in total. The van der Waals surface area contributed by atoms with Crippen molar-refractivity contribution < 1.29 is 23.8 Å². The molecule has 3 rings (SSSR count). The summed E-state index contributed by atoms with van der Waals surface area (Å²) in [6, 6.07) is 6.05. The van der Waals surface area contributed by atoms with Crippen LogP contribution < -0.4 is 5.32 Å². The number of allylic oxidation sites excluding steroid dienone is 1. The van der Waals surface area contributed by atoms with Gasteiger partial charge in [-0.2, -0.15) is 0 Å². The molecule has 1 aromatic rings. The second-order valence-corrected chi connectivity index (χ2v) is 7.28. The third-order valence-electron chi connectivity index (χ3n) is 5.29. The molecular formula is C21H28FNO4. The number of nitrogens with one attached hydrogen (secondary N) is 1. The van der Waals surface area contributed by atoms with Crippen molar-refractivity contribution in [1.82, 2.24) is 5.32 Å². The molecule has 1 heterocycles. The number of carbonyl (C=O) groups is 1. The van der Waals surface area contributed by atoms with E-state index in [-0.39, 0.29) is 18.3 Å². The van der Waals surface area contributed by atoms with Crippen LogP contribution in [0.5, 0.6) is 0 Å². The minimum atomic E-state index is -0.425. The van der Waals surface area contributed by atoms with Gasteiger partial charge in [0.05, 0.1) is 6.61 Å². The largest absolute Gasteiger partial charge is 0.459 e. The summed E-state index contributed by atoms with van der Waals surface area (Å²) in [7, 11) is 0. The van der Waals surface area contributed by atoms with Gasteiger partial charge < -0.3 is 19.9 Å². The topological polar surface area (TPSA) is 67.8 Å². The lowest BCUT2D eigenvalue weighted by Gasteiger charge is -2.37. The SMILES string of the molecule is O=C(NCc1ccc(F)cc1)C1=C[C@H](C2CCC2)C[C@H](OCCCCO)O1. The molecule has 6 heteroatoms. The molecule has 1 aliphatic carbocycles. The van der Waals surface area contributed by atoms with E-state index in [1.807, 2.05) is 6.08 Å². The molecule has 1 amide bonds. The van der Waals surface area contributed by atoms with Crippen LogP contribution >= 0.6 is 0 Å². The minimum absolute atomic E-state index is 0.149. The van der Waals surface area contributed by atoms with Crippen LogP contribution in [0.4, 0.5) is 4.39 Å². The number of amides is 1. The van der Waals surface area contributed by atoms with E-state index in [9.17, 15) is 9.18 Å². The smallest absolute Gasteiger partial charge is 0.286 e. The number of aliphatic hydroxyl groups excluding tert-OH is 1. The molecule has 1 saturated carbocycles. The van der Waals surface area contributed by atoms with Crippen molar-refractivity contribution in [3.63, 3.8) is 0 Å². The van der Waals surface area contributed by atoms with Crippen LogP contribution in [-0.4, -0.2) is 30.5 Å². The lowest BCUT2D eigenvalue weighted by molar-refractivity contribution is -0.152. The van der Waals surface area contributed by atoms with Crippen LogP contribution in [0.3, 0.4) is 0 Å². The van der Waals surface area contributed by atoms with Gasteiger partial charge in [-0.15, -0.1) is 0 Å². The number of unbranched alkanes of at least 4 members (excludes halogenated alkanes) is 1. The Balaban J connectivity index is 1.57. The number of benzene rings is 1. The predicted molar refractivity (Wildman–Crippen MR) is 98.9 cm³/mol. The van der Waals surface area contributed by atoms with Crippen molar-refractivity contribution in [2.24, 2.45) is 11.8 Å². The van der Waals surface area contributed by atoms with E-state index in [1.165, 1.54) is 31.4 Å². The zero-order valence-corrected chi connectivity index (χ0v) is 15.5. The first-order valence-corrected chi connectivity index (χ1v) is 9.79. The van der Waals surface area contributed by atoms with E-state index in [4.69, 9.17) is 14.6 Å².